The van der Waals surface area contributed by atoms with Gasteiger partial charge in [-0.15, -0.1) is 0 Å². The lowest BCUT2D eigenvalue weighted by Crippen LogP contribution is -2.37. The Labute approximate surface area is 109 Å². The van der Waals surface area contributed by atoms with Crippen LogP contribution in [0, 0.1) is 21.7 Å². The highest BCUT2D eigenvalue weighted by Crippen LogP contribution is 2.34. The number of alkyl halides is 3. The third-order valence-corrected chi connectivity index (χ3v) is 2.30. The van der Waals surface area contributed by atoms with Gasteiger partial charge in [0.05, 0.1) is 11.5 Å². The second kappa shape index (κ2) is 5.99. The fraction of sp³-hybridized carbons (Fsp3) is 0.400. The third-order valence-electron chi connectivity index (χ3n) is 2.30. The van der Waals surface area contributed by atoms with Crippen LogP contribution in [0.15, 0.2) is 12.1 Å². The Kier molecular flexibility index (Phi) is 4.82. The third kappa shape index (κ3) is 3.76. The molecule has 0 spiro atoms. The highest BCUT2D eigenvalue weighted by molar-refractivity contribution is 5.64. The minimum Gasteiger partial charge on any atom is -0.395 e. The van der Waals surface area contributed by atoms with Crippen LogP contribution in [0.5, 0.6) is 0 Å². The number of rotatable bonds is 5. The van der Waals surface area contributed by atoms with Crippen molar-refractivity contribution in [2.45, 2.75) is 6.18 Å². The number of aliphatic hydroxyl groups excluding tert-OH is 1. The number of aliphatic hydroxyl groups is 1. The lowest BCUT2D eigenvalue weighted by atomic mass is 10.2. The molecule has 1 rings (SSSR count). The van der Waals surface area contributed by atoms with Crippen LogP contribution in [0.25, 0.3) is 0 Å². The molecule has 0 bridgehead atoms. The van der Waals surface area contributed by atoms with Crippen molar-refractivity contribution in [1.29, 1.82) is 0 Å². The highest BCUT2D eigenvalue weighted by atomic mass is 19.4. The Morgan fingerprint density at radius 2 is 1.90 bits per heavy atom. The zero-order chi connectivity index (χ0) is 15.5. The predicted molar refractivity (Wildman–Crippen MR) is 58.4 cm³/mol. The van der Waals surface area contributed by atoms with Gasteiger partial charge >= 0.3 is 6.18 Å². The van der Waals surface area contributed by atoms with Gasteiger partial charge < -0.3 is 10.0 Å². The van der Waals surface area contributed by atoms with Gasteiger partial charge in [-0.3, -0.25) is 10.1 Å². The summed E-state index contributed by atoms with van der Waals surface area (Å²) in [4.78, 5) is 9.76. The van der Waals surface area contributed by atoms with E-state index in [9.17, 15) is 32.1 Å². The molecule has 1 aromatic rings. The van der Waals surface area contributed by atoms with Crippen LogP contribution in [0.1, 0.15) is 0 Å². The molecule has 0 saturated carbocycles. The van der Waals surface area contributed by atoms with Crippen LogP contribution in [0.4, 0.5) is 33.3 Å². The number of halogens is 5. The fourth-order valence-corrected chi connectivity index (χ4v) is 1.58. The zero-order valence-electron chi connectivity index (χ0n) is 9.82. The molecule has 0 atom stereocenters. The number of nitro benzene ring substituents is 1. The molecule has 0 saturated heterocycles. The minimum atomic E-state index is -4.80. The first-order chi connectivity index (χ1) is 9.17. The summed E-state index contributed by atoms with van der Waals surface area (Å²) in [7, 11) is 0. The van der Waals surface area contributed by atoms with E-state index < -0.39 is 53.8 Å². The summed E-state index contributed by atoms with van der Waals surface area (Å²) in [6.45, 7) is -3.31. The number of benzene rings is 1. The normalized spacial score (nSPS) is 11.5. The molecule has 0 aliphatic carbocycles. The fourth-order valence-electron chi connectivity index (χ4n) is 1.58. The summed E-state index contributed by atoms with van der Waals surface area (Å²) < 4.78 is 63.8. The van der Waals surface area contributed by atoms with Crippen LogP contribution < -0.4 is 4.90 Å². The van der Waals surface area contributed by atoms with Gasteiger partial charge in [0.2, 0.25) is 0 Å². The molecule has 1 N–H and O–H groups in total. The molecule has 0 aliphatic rings. The van der Waals surface area contributed by atoms with Crippen molar-refractivity contribution in [2.75, 3.05) is 24.6 Å². The number of hydrogen-bond donors (Lipinski definition) is 1. The Hall–Kier alpha value is -1.97. The van der Waals surface area contributed by atoms with Gasteiger partial charge in [-0.05, 0) is 6.07 Å². The van der Waals surface area contributed by atoms with Crippen LogP contribution in [0.2, 0.25) is 0 Å². The maximum Gasteiger partial charge on any atom is 0.405 e. The van der Waals surface area contributed by atoms with Crippen LogP contribution in [0.3, 0.4) is 0 Å². The summed E-state index contributed by atoms with van der Waals surface area (Å²) in [5.41, 5.74) is -2.15. The molecule has 0 aliphatic heterocycles. The molecule has 1 aromatic carbocycles. The molecule has 20 heavy (non-hydrogen) atoms. The largest absolute Gasteiger partial charge is 0.405 e. The molecular weight excluding hydrogens is 291 g/mol. The first kappa shape index (κ1) is 16.1. The van der Waals surface area contributed by atoms with Gasteiger partial charge in [-0.1, -0.05) is 0 Å². The maximum absolute atomic E-state index is 13.6. The van der Waals surface area contributed by atoms with E-state index in [-0.39, 0.29) is 4.90 Å². The molecule has 0 aromatic heterocycles. The number of hydrogen-bond acceptors (Lipinski definition) is 4. The lowest BCUT2D eigenvalue weighted by molar-refractivity contribution is -0.384. The van der Waals surface area contributed by atoms with E-state index in [0.29, 0.717) is 12.1 Å². The monoisotopic (exact) mass is 300 g/mol. The quantitative estimate of drug-likeness (QED) is 0.514. The van der Waals surface area contributed by atoms with Crippen molar-refractivity contribution in [3.8, 4) is 0 Å². The van der Waals surface area contributed by atoms with Gasteiger partial charge in [0.25, 0.3) is 5.69 Å². The molecule has 5 nitrogen and oxygen atoms in total. The van der Waals surface area contributed by atoms with Crippen molar-refractivity contribution < 1.29 is 32.0 Å². The zero-order valence-corrected chi connectivity index (χ0v) is 9.82. The van der Waals surface area contributed by atoms with Gasteiger partial charge in [-0.2, -0.15) is 13.2 Å². The first-order valence-electron chi connectivity index (χ1n) is 5.22. The Balaban J connectivity index is 3.37. The Morgan fingerprint density at radius 1 is 1.30 bits per heavy atom. The molecule has 0 fully saturated rings. The standard InChI is InChI=1S/C10H9F5N2O3/c11-6-1-2-7(17(19)20)9(8(6)12)16(3-4-18)5-10(13,14)15/h1-2,18H,3-5H2. The van der Waals surface area contributed by atoms with Gasteiger partial charge in [-0.25, -0.2) is 8.78 Å². The number of nitrogens with zero attached hydrogens (tertiary/aromatic N) is 2. The predicted octanol–water partition coefficient (Wildman–Crippen LogP) is 2.23. The molecule has 10 heteroatoms. The first-order valence-corrected chi connectivity index (χ1v) is 5.22. The minimum absolute atomic E-state index is 0.177. The molecule has 0 amide bonds. The maximum atomic E-state index is 13.6. The van der Waals surface area contributed by atoms with E-state index in [1.165, 1.54) is 0 Å². The Morgan fingerprint density at radius 3 is 2.35 bits per heavy atom. The Bertz CT molecular complexity index is 506. The second-order valence-electron chi connectivity index (χ2n) is 3.75. The van der Waals surface area contributed by atoms with Crippen molar-refractivity contribution in [3.63, 3.8) is 0 Å². The summed E-state index contributed by atoms with van der Waals surface area (Å²) in [5, 5.41) is 19.4. The van der Waals surface area contributed by atoms with Crippen LogP contribution in [-0.4, -0.2) is 35.9 Å². The lowest BCUT2D eigenvalue weighted by Gasteiger charge is -2.25. The molecule has 0 heterocycles. The summed E-state index contributed by atoms with van der Waals surface area (Å²) in [6.07, 6.45) is -4.80. The van der Waals surface area contributed by atoms with E-state index in [1.54, 1.807) is 0 Å². The van der Waals surface area contributed by atoms with E-state index in [0.717, 1.165) is 0 Å². The molecule has 0 unspecified atom stereocenters. The van der Waals surface area contributed by atoms with E-state index in [1.807, 2.05) is 0 Å². The van der Waals surface area contributed by atoms with Gasteiger partial charge in [0.1, 0.15) is 6.54 Å². The molecule has 112 valence electrons. The van der Waals surface area contributed by atoms with Gasteiger partial charge in [0.15, 0.2) is 17.3 Å². The van der Waals surface area contributed by atoms with Crippen molar-refractivity contribution in [3.05, 3.63) is 33.9 Å². The van der Waals surface area contributed by atoms with Crippen LogP contribution in [-0.2, 0) is 0 Å². The second-order valence-corrected chi connectivity index (χ2v) is 3.75. The molecule has 0 radical (unpaired) electrons. The number of nitro groups is 1. The van der Waals surface area contributed by atoms with Gasteiger partial charge in [0, 0.05) is 12.6 Å². The average Bonchev–Trinajstić information content (AvgIpc) is 2.29. The van der Waals surface area contributed by atoms with Crippen molar-refractivity contribution >= 4 is 11.4 Å². The average molecular weight is 300 g/mol. The molecular formula is C10H9F5N2O3. The van der Waals surface area contributed by atoms with E-state index in [4.69, 9.17) is 5.11 Å². The smallest absolute Gasteiger partial charge is 0.395 e. The summed E-state index contributed by atoms with van der Waals surface area (Å²) >= 11 is 0. The van der Waals surface area contributed by atoms with E-state index >= 15 is 0 Å². The topological polar surface area (TPSA) is 66.6 Å². The van der Waals surface area contributed by atoms with Crippen LogP contribution >= 0.6 is 0 Å². The summed E-state index contributed by atoms with van der Waals surface area (Å²) in [5.74, 6) is -3.28. The highest BCUT2D eigenvalue weighted by Gasteiger charge is 2.35. The van der Waals surface area contributed by atoms with Crippen molar-refractivity contribution in [1.82, 2.24) is 0 Å². The summed E-state index contributed by atoms with van der Waals surface area (Å²) in [6, 6.07) is 1.01. The van der Waals surface area contributed by atoms with E-state index in [2.05, 4.69) is 0 Å². The SMILES string of the molecule is O=[N+]([O-])c1ccc(F)c(F)c1N(CCO)CC(F)(F)F. The number of anilines is 1. The van der Waals surface area contributed by atoms with Crippen molar-refractivity contribution in [2.24, 2.45) is 0 Å².